The highest BCUT2D eigenvalue weighted by Gasteiger charge is 2.14. The zero-order chi connectivity index (χ0) is 11.5. The van der Waals surface area contributed by atoms with E-state index in [1.165, 1.54) is 24.3 Å². The van der Waals surface area contributed by atoms with E-state index in [0.717, 1.165) is 0 Å². The molecule has 0 bridgehead atoms. The maximum atomic E-state index is 12.7. The van der Waals surface area contributed by atoms with E-state index in [9.17, 15) is 4.39 Å². The molecule has 1 atom stereocenters. The second-order valence-electron chi connectivity index (χ2n) is 3.25. The number of aromatic nitrogens is 2. The second kappa shape index (κ2) is 4.38. The second-order valence-corrected chi connectivity index (χ2v) is 3.25. The molecule has 16 heavy (non-hydrogen) atoms. The minimum absolute atomic E-state index is 0.224. The minimum Gasteiger partial charge on any atom is -0.394 e. The number of rotatable bonds is 3. The Morgan fingerprint density at radius 3 is 2.69 bits per heavy atom. The van der Waals surface area contributed by atoms with Gasteiger partial charge in [-0.15, -0.1) is 0 Å². The first-order chi connectivity index (χ1) is 7.70. The summed E-state index contributed by atoms with van der Waals surface area (Å²) in [5.74, 6) is 0.135. The molecule has 0 aliphatic rings. The minimum atomic E-state index is -0.669. The van der Waals surface area contributed by atoms with Crippen LogP contribution in [-0.2, 0) is 0 Å². The van der Waals surface area contributed by atoms with Crippen molar-refractivity contribution in [3.8, 4) is 11.5 Å². The SMILES string of the molecule is NC(CO)c1noc(-c2ccc(F)cc2)n1. The molecule has 0 radical (unpaired) electrons. The van der Waals surface area contributed by atoms with Crippen LogP contribution in [0.4, 0.5) is 4.39 Å². The highest BCUT2D eigenvalue weighted by molar-refractivity contribution is 5.52. The molecule has 1 aromatic heterocycles. The summed E-state index contributed by atoms with van der Waals surface area (Å²) in [6, 6.07) is 4.97. The van der Waals surface area contributed by atoms with Crippen LogP contribution in [-0.4, -0.2) is 21.9 Å². The van der Waals surface area contributed by atoms with Gasteiger partial charge < -0.3 is 15.4 Å². The van der Waals surface area contributed by atoms with Gasteiger partial charge in [0.25, 0.3) is 5.89 Å². The van der Waals surface area contributed by atoms with Gasteiger partial charge in [-0.25, -0.2) is 4.39 Å². The molecule has 6 heteroatoms. The van der Waals surface area contributed by atoms with Crippen LogP contribution >= 0.6 is 0 Å². The van der Waals surface area contributed by atoms with Crippen molar-refractivity contribution in [2.45, 2.75) is 6.04 Å². The summed E-state index contributed by atoms with van der Waals surface area (Å²) in [4.78, 5) is 4.00. The molecule has 0 aliphatic carbocycles. The molecule has 1 unspecified atom stereocenters. The maximum Gasteiger partial charge on any atom is 0.257 e. The molecule has 2 aromatic rings. The van der Waals surface area contributed by atoms with Crippen molar-refractivity contribution >= 4 is 0 Å². The van der Waals surface area contributed by atoms with Crippen LogP contribution in [0.3, 0.4) is 0 Å². The predicted octanol–water partition coefficient (Wildman–Crippen LogP) is 0.868. The van der Waals surface area contributed by atoms with Crippen molar-refractivity contribution in [3.05, 3.63) is 35.9 Å². The van der Waals surface area contributed by atoms with Crippen LogP contribution in [0.25, 0.3) is 11.5 Å². The third-order valence-electron chi connectivity index (χ3n) is 2.06. The normalized spacial score (nSPS) is 12.7. The van der Waals surface area contributed by atoms with Crippen molar-refractivity contribution in [2.24, 2.45) is 5.73 Å². The van der Waals surface area contributed by atoms with Crippen LogP contribution in [0.2, 0.25) is 0 Å². The zero-order valence-corrected chi connectivity index (χ0v) is 8.30. The Morgan fingerprint density at radius 2 is 2.06 bits per heavy atom. The number of halogens is 1. The number of aliphatic hydroxyl groups is 1. The van der Waals surface area contributed by atoms with E-state index in [-0.39, 0.29) is 24.1 Å². The van der Waals surface area contributed by atoms with Gasteiger partial charge in [0, 0.05) is 5.56 Å². The molecule has 84 valence electrons. The van der Waals surface area contributed by atoms with E-state index in [4.69, 9.17) is 15.4 Å². The van der Waals surface area contributed by atoms with Crippen LogP contribution < -0.4 is 5.73 Å². The lowest BCUT2D eigenvalue weighted by Gasteiger charge is -1.98. The quantitative estimate of drug-likeness (QED) is 0.806. The lowest BCUT2D eigenvalue weighted by Crippen LogP contribution is -2.15. The standard InChI is InChI=1S/C10H10FN3O2/c11-7-3-1-6(2-4-7)10-13-9(14-16-10)8(12)5-15/h1-4,8,15H,5,12H2. The van der Waals surface area contributed by atoms with Crippen molar-refractivity contribution in [1.82, 2.24) is 10.1 Å². The maximum absolute atomic E-state index is 12.7. The van der Waals surface area contributed by atoms with Gasteiger partial charge in [0.15, 0.2) is 5.82 Å². The van der Waals surface area contributed by atoms with Gasteiger partial charge in [-0.2, -0.15) is 4.98 Å². The first-order valence-electron chi connectivity index (χ1n) is 4.66. The van der Waals surface area contributed by atoms with Gasteiger partial charge in [-0.1, -0.05) is 5.16 Å². The molecule has 0 saturated carbocycles. The summed E-state index contributed by atoms with van der Waals surface area (Å²) >= 11 is 0. The summed E-state index contributed by atoms with van der Waals surface area (Å²) in [5, 5.41) is 12.4. The van der Waals surface area contributed by atoms with Crippen LogP contribution in [0.15, 0.2) is 28.8 Å². The van der Waals surface area contributed by atoms with E-state index < -0.39 is 6.04 Å². The number of nitrogens with two attached hydrogens (primary N) is 1. The molecule has 3 N–H and O–H groups in total. The van der Waals surface area contributed by atoms with E-state index in [1.54, 1.807) is 0 Å². The average molecular weight is 223 g/mol. The Morgan fingerprint density at radius 1 is 1.38 bits per heavy atom. The summed E-state index contributed by atoms with van der Waals surface area (Å²) in [6.07, 6.45) is 0. The topological polar surface area (TPSA) is 85.2 Å². The number of hydrogen-bond acceptors (Lipinski definition) is 5. The number of hydrogen-bond donors (Lipinski definition) is 2. The Labute approximate surface area is 90.7 Å². The Bertz CT molecular complexity index is 469. The molecule has 0 saturated heterocycles. The molecule has 0 spiro atoms. The van der Waals surface area contributed by atoms with E-state index in [0.29, 0.717) is 5.56 Å². The fourth-order valence-electron chi connectivity index (χ4n) is 1.18. The average Bonchev–Trinajstić information content (AvgIpc) is 2.78. The molecule has 5 nitrogen and oxygen atoms in total. The van der Waals surface area contributed by atoms with Crippen LogP contribution in [0.1, 0.15) is 11.9 Å². The number of nitrogens with zero attached hydrogens (tertiary/aromatic N) is 2. The van der Waals surface area contributed by atoms with Gasteiger partial charge in [-0.3, -0.25) is 0 Å². The number of benzene rings is 1. The van der Waals surface area contributed by atoms with Gasteiger partial charge in [0.2, 0.25) is 0 Å². The zero-order valence-electron chi connectivity index (χ0n) is 8.30. The highest BCUT2D eigenvalue weighted by Crippen LogP contribution is 2.18. The van der Waals surface area contributed by atoms with Crippen molar-refractivity contribution in [3.63, 3.8) is 0 Å². The Balaban J connectivity index is 2.28. The van der Waals surface area contributed by atoms with Crippen molar-refractivity contribution in [1.29, 1.82) is 0 Å². The monoisotopic (exact) mass is 223 g/mol. The number of aliphatic hydroxyl groups excluding tert-OH is 1. The third-order valence-corrected chi connectivity index (χ3v) is 2.06. The van der Waals surface area contributed by atoms with Gasteiger partial charge in [-0.05, 0) is 24.3 Å². The van der Waals surface area contributed by atoms with Crippen molar-refractivity contribution < 1.29 is 14.0 Å². The molecular weight excluding hydrogens is 213 g/mol. The summed E-state index contributed by atoms with van der Waals surface area (Å²) < 4.78 is 17.6. The lowest BCUT2D eigenvalue weighted by molar-refractivity contribution is 0.260. The molecule has 1 aromatic carbocycles. The third kappa shape index (κ3) is 2.07. The predicted molar refractivity (Wildman–Crippen MR) is 53.7 cm³/mol. The summed E-state index contributed by atoms with van der Waals surface area (Å²) in [7, 11) is 0. The lowest BCUT2D eigenvalue weighted by atomic mass is 10.2. The first-order valence-corrected chi connectivity index (χ1v) is 4.66. The highest BCUT2D eigenvalue weighted by atomic mass is 19.1. The van der Waals surface area contributed by atoms with Gasteiger partial charge in [0.05, 0.1) is 12.6 Å². The summed E-state index contributed by atoms with van der Waals surface area (Å²) in [6.45, 7) is -0.262. The molecule has 2 rings (SSSR count). The fourth-order valence-corrected chi connectivity index (χ4v) is 1.18. The molecule has 0 fully saturated rings. The van der Waals surface area contributed by atoms with Gasteiger partial charge in [0.1, 0.15) is 5.82 Å². The largest absolute Gasteiger partial charge is 0.394 e. The molecule has 0 aliphatic heterocycles. The molecule has 1 heterocycles. The van der Waals surface area contributed by atoms with Crippen LogP contribution in [0, 0.1) is 5.82 Å². The Hall–Kier alpha value is -1.79. The first kappa shape index (κ1) is 10.7. The van der Waals surface area contributed by atoms with Gasteiger partial charge >= 0.3 is 0 Å². The van der Waals surface area contributed by atoms with Crippen molar-refractivity contribution in [2.75, 3.05) is 6.61 Å². The van der Waals surface area contributed by atoms with Crippen LogP contribution in [0.5, 0.6) is 0 Å². The van der Waals surface area contributed by atoms with E-state index >= 15 is 0 Å². The molecular formula is C10H10FN3O2. The van der Waals surface area contributed by atoms with E-state index in [1.807, 2.05) is 0 Å². The Kier molecular flexibility index (Phi) is 2.93. The van der Waals surface area contributed by atoms with E-state index in [2.05, 4.69) is 10.1 Å². The fraction of sp³-hybridized carbons (Fsp3) is 0.200. The smallest absolute Gasteiger partial charge is 0.257 e. The summed E-state index contributed by atoms with van der Waals surface area (Å²) in [5.41, 5.74) is 6.12. The molecule has 0 amide bonds.